The van der Waals surface area contributed by atoms with E-state index in [1.54, 1.807) is 11.8 Å². The van der Waals surface area contributed by atoms with Crippen LogP contribution in [0.25, 0.3) is 5.70 Å². The van der Waals surface area contributed by atoms with E-state index >= 15 is 0 Å². The summed E-state index contributed by atoms with van der Waals surface area (Å²) < 4.78 is 8.82. The molecule has 2 atom stereocenters. The topological polar surface area (TPSA) is 52.0 Å². The molecule has 3 heterocycles. The van der Waals surface area contributed by atoms with Crippen LogP contribution >= 0.6 is 11.8 Å². The first-order chi connectivity index (χ1) is 17.4. The molecule has 0 saturated carbocycles. The Morgan fingerprint density at radius 2 is 1.61 bits per heavy atom. The number of nitrogens with zero attached hydrogens (tertiary/aromatic N) is 3. The molecule has 2 aliphatic rings. The van der Waals surface area contributed by atoms with Crippen molar-refractivity contribution >= 4 is 23.4 Å². The highest BCUT2D eigenvalue weighted by atomic mass is 32.2. The van der Waals surface area contributed by atoms with Crippen LogP contribution in [0.15, 0.2) is 77.5 Å². The van der Waals surface area contributed by atoms with Gasteiger partial charge >= 0.3 is 0 Å². The highest BCUT2D eigenvalue weighted by Gasteiger charge is 2.41. The number of hydrogen-bond donors (Lipinski definition) is 1. The Morgan fingerprint density at radius 1 is 0.917 bits per heavy atom. The van der Waals surface area contributed by atoms with Crippen LogP contribution in [-0.4, -0.2) is 21.0 Å². The van der Waals surface area contributed by atoms with Crippen molar-refractivity contribution in [3.8, 4) is 5.75 Å². The summed E-state index contributed by atoms with van der Waals surface area (Å²) in [5.74, 6) is 2.11. The van der Waals surface area contributed by atoms with Crippen molar-refractivity contribution in [3.05, 3.63) is 106 Å². The Morgan fingerprint density at radius 3 is 2.31 bits per heavy atom. The molecule has 0 radical (unpaired) electrons. The van der Waals surface area contributed by atoms with Gasteiger partial charge in [-0.15, -0.1) is 5.10 Å². The van der Waals surface area contributed by atoms with Crippen molar-refractivity contribution in [2.24, 2.45) is 0 Å². The van der Waals surface area contributed by atoms with Crippen LogP contribution in [0.2, 0.25) is 0 Å². The predicted octanol–water partition coefficient (Wildman–Crippen LogP) is 7.30. The number of nitrogens with one attached hydrogen (secondary N) is 1. The predicted molar refractivity (Wildman–Crippen MR) is 147 cm³/mol. The number of fused-ring (bicyclic) bond motifs is 3. The summed E-state index contributed by atoms with van der Waals surface area (Å²) in [5.41, 5.74) is 9.32. The third kappa shape index (κ3) is 3.80. The first kappa shape index (κ1) is 22.9. The summed E-state index contributed by atoms with van der Waals surface area (Å²) in [4.78, 5) is 4.81. The van der Waals surface area contributed by atoms with E-state index in [1.807, 2.05) is 10.9 Å². The van der Waals surface area contributed by atoms with E-state index in [4.69, 9.17) is 14.8 Å². The molecule has 0 aliphatic carbocycles. The van der Waals surface area contributed by atoms with Gasteiger partial charge in [-0.05, 0) is 54.8 Å². The van der Waals surface area contributed by atoms with Gasteiger partial charge in [0.1, 0.15) is 17.9 Å². The minimum absolute atomic E-state index is 0.145. The maximum atomic E-state index is 6.80. The van der Waals surface area contributed by atoms with Crippen LogP contribution in [0.3, 0.4) is 0 Å². The average molecular weight is 495 g/mol. The van der Waals surface area contributed by atoms with Crippen molar-refractivity contribution in [1.29, 1.82) is 0 Å². The Kier molecular flexibility index (Phi) is 5.64. The molecule has 0 bridgehead atoms. The summed E-state index contributed by atoms with van der Waals surface area (Å²) in [6.45, 7) is 8.68. The zero-order valence-corrected chi connectivity index (χ0v) is 22.1. The molecule has 5 nitrogen and oxygen atoms in total. The first-order valence-electron chi connectivity index (χ1n) is 12.4. The highest BCUT2D eigenvalue weighted by Crippen LogP contribution is 2.51. The van der Waals surface area contributed by atoms with E-state index in [0.29, 0.717) is 5.92 Å². The zero-order chi connectivity index (χ0) is 25.0. The lowest BCUT2D eigenvalue weighted by Gasteiger charge is -2.39. The van der Waals surface area contributed by atoms with Crippen molar-refractivity contribution < 1.29 is 4.74 Å². The number of aryl methyl sites for hydroxylation is 2. The van der Waals surface area contributed by atoms with E-state index < -0.39 is 0 Å². The van der Waals surface area contributed by atoms with Crippen LogP contribution < -0.4 is 10.1 Å². The molecule has 0 amide bonds. The zero-order valence-electron chi connectivity index (χ0n) is 21.2. The van der Waals surface area contributed by atoms with Crippen LogP contribution in [0.5, 0.6) is 5.75 Å². The fourth-order valence-corrected chi connectivity index (χ4v) is 5.46. The average Bonchev–Trinajstić information content (AvgIpc) is 3.31. The number of hydrogen-bond acceptors (Lipinski definition) is 5. The Hall–Kier alpha value is -3.51. The normalized spacial score (nSPS) is 18.3. The second-order valence-corrected chi connectivity index (χ2v) is 10.7. The molecule has 182 valence electrons. The summed E-state index contributed by atoms with van der Waals surface area (Å²) >= 11 is 1.55. The summed E-state index contributed by atoms with van der Waals surface area (Å²) in [6, 6.07) is 23.8. The third-order valence-electron chi connectivity index (χ3n) is 7.09. The summed E-state index contributed by atoms with van der Waals surface area (Å²) in [7, 11) is 0. The number of thioether (sulfide) groups is 1. The quantitative estimate of drug-likeness (QED) is 0.302. The molecule has 1 aromatic heterocycles. The number of anilines is 1. The molecule has 6 heteroatoms. The minimum Gasteiger partial charge on any atom is -0.480 e. The van der Waals surface area contributed by atoms with Gasteiger partial charge in [-0.25, -0.2) is 4.68 Å². The fraction of sp³-hybridized carbons (Fsp3) is 0.267. The van der Waals surface area contributed by atoms with E-state index in [-0.39, 0.29) is 12.1 Å². The van der Waals surface area contributed by atoms with Gasteiger partial charge in [0.2, 0.25) is 11.1 Å². The number of rotatable bonds is 4. The lowest BCUT2D eigenvalue weighted by atomic mass is 9.84. The highest BCUT2D eigenvalue weighted by molar-refractivity contribution is 7.98. The molecule has 3 aromatic carbocycles. The van der Waals surface area contributed by atoms with Crippen molar-refractivity contribution in [2.75, 3.05) is 11.6 Å². The van der Waals surface area contributed by atoms with Crippen molar-refractivity contribution in [1.82, 2.24) is 14.8 Å². The largest absolute Gasteiger partial charge is 0.480 e. The lowest BCUT2D eigenvalue weighted by molar-refractivity contribution is 0.223. The fourth-order valence-electron chi connectivity index (χ4n) is 5.11. The maximum absolute atomic E-state index is 6.80. The van der Waals surface area contributed by atoms with Gasteiger partial charge in [0.05, 0.1) is 5.70 Å². The molecule has 0 spiro atoms. The van der Waals surface area contributed by atoms with E-state index in [1.165, 1.54) is 16.7 Å². The molecule has 6 rings (SSSR count). The van der Waals surface area contributed by atoms with Crippen molar-refractivity contribution in [3.63, 3.8) is 0 Å². The van der Waals surface area contributed by atoms with Crippen LogP contribution in [0.4, 0.5) is 5.95 Å². The van der Waals surface area contributed by atoms with Gasteiger partial charge in [0.25, 0.3) is 0 Å². The van der Waals surface area contributed by atoms with Gasteiger partial charge in [-0.3, -0.25) is 0 Å². The van der Waals surface area contributed by atoms with Crippen LogP contribution in [-0.2, 0) is 0 Å². The van der Waals surface area contributed by atoms with Crippen molar-refractivity contribution in [2.45, 2.75) is 50.9 Å². The lowest BCUT2D eigenvalue weighted by Crippen LogP contribution is -2.32. The second-order valence-electron chi connectivity index (χ2n) is 9.95. The molecular formula is C30H30N4OS. The maximum Gasteiger partial charge on any atom is 0.227 e. The third-order valence-corrected chi connectivity index (χ3v) is 7.63. The number of benzene rings is 3. The smallest absolute Gasteiger partial charge is 0.227 e. The van der Waals surface area contributed by atoms with E-state index in [0.717, 1.165) is 44.8 Å². The summed E-state index contributed by atoms with van der Waals surface area (Å²) in [5, 5.41) is 9.30. The standard InChI is InChI=1S/C30H30N4OS/c1-17(2)20-11-13-22(14-12-20)28-25-26(23-16-19(4)8-15-24(23)35-28)31-29-32-30(36-5)33-34(29)27(25)21-9-6-18(3)7-10-21/h6-17,27-28H,1-5H3,(H,31,32,33). The van der Waals surface area contributed by atoms with Gasteiger partial charge < -0.3 is 10.1 Å². The van der Waals surface area contributed by atoms with Gasteiger partial charge in [-0.2, -0.15) is 4.98 Å². The summed E-state index contributed by atoms with van der Waals surface area (Å²) in [6.07, 6.45) is 1.75. The minimum atomic E-state index is -0.259. The Balaban J connectivity index is 1.60. The second kappa shape index (κ2) is 8.86. The van der Waals surface area contributed by atoms with Gasteiger partial charge in [0, 0.05) is 11.1 Å². The van der Waals surface area contributed by atoms with Crippen LogP contribution in [0, 0.1) is 13.8 Å². The molecule has 0 saturated heterocycles. The Bertz CT molecular complexity index is 1470. The van der Waals surface area contributed by atoms with E-state index in [2.05, 4.69) is 99.7 Å². The molecule has 1 N–H and O–H groups in total. The van der Waals surface area contributed by atoms with Crippen LogP contribution in [0.1, 0.15) is 65.3 Å². The van der Waals surface area contributed by atoms with E-state index in [9.17, 15) is 0 Å². The molecule has 2 aliphatic heterocycles. The monoisotopic (exact) mass is 494 g/mol. The number of ether oxygens (including phenoxy) is 1. The molecule has 0 fully saturated rings. The molecule has 2 unspecified atom stereocenters. The number of aromatic nitrogens is 3. The molecular weight excluding hydrogens is 464 g/mol. The van der Waals surface area contributed by atoms with Gasteiger partial charge in [0.15, 0.2) is 0 Å². The van der Waals surface area contributed by atoms with Gasteiger partial charge in [-0.1, -0.05) is 91.3 Å². The Labute approximate surface area is 216 Å². The molecule has 4 aromatic rings. The SMILES string of the molecule is CSc1nc2n(n1)C(c1ccc(C)cc1)C1=C(N2)c2cc(C)ccc2OC1c1ccc(C(C)C)cc1. The first-order valence-corrected chi connectivity index (χ1v) is 13.6. The molecule has 36 heavy (non-hydrogen) atoms.